The zero-order chi connectivity index (χ0) is 19.2. The summed E-state index contributed by atoms with van der Waals surface area (Å²) in [5.74, 6) is 1.47. The first-order valence-electron chi connectivity index (χ1n) is 8.53. The summed E-state index contributed by atoms with van der Waals surface area (Å²) in [5.41, 5.74) is 1.13. The van der Waals surface area contributed by atoms with Crippen molar-refractivity contribution >= 4 is 23.1 Å². The van der Waals surface area contributed by atoms with E-state index in [0.717, 1.165) is 11.3 Å². The Kier molecular flexibility index (Phi) is 5.38. The van der Waals surface area contributed by atoms with E-state index in [2.05, 4.69) is 25.8 Å². The lowest BCUT2D eigenvalue weighted by molar-refractivity contribution is -0.117. The van der Waals surface area contributed by atoms with Crippen molar-refractivity contribution in [3.8, 4) is 5.75 Å². The maximum absolute atomic E-state index is 12.3. The first kappa shape index (κ1) is 17.9. The first-order valence-corrected chi connectivity index (χ1v) is 9.48. The summed E-state index contributed by atoms with van der Waals surface area (Å²) in [6, 6.07) is 13.1. The number of carbonyl (C=O) groups is 1. The molecule has 0 saturated heterocycles. The third-order valence-corrected chi connectivity index (χ3v) is 4.52. The van der Waals surface area contributed by atoms with E-state index in [0.29, 0.717) is 18.2 Å². The van der Waals surface area contributed by atoms with Crippen molar-refractivity contribution in [3.63, 3.8) is 0 Å². The Hall–Kier alpha value is -3.53. The van der Waals surface area contributed by atoms with Crippen LogP contribution in [0.2, 0.25) is 0 Å². The second-order valence-corrected chi connectivity index (χ2v) is 6.67. The molecule has 142 valence electrons. The predicted molar refractivity (Wildman–Crippen MR) is 103 cm³/mol. The zero-order valence-electron chi connectivity index (χ0n) is 14.8. The summed E-state index contributed by atoms with van der Waals surface area (Å²) >= 11 is 1.62. The van der Waals surface area contributed by atoms with E-state index >= 15 is 0 Å². The van der Waals surface area contributed by atoms with Gasteiger partial charge < -0.3 is 10.1 Å². The molecular formula is C18H17N7O2S. The molecule has 0 radical (unpaired) electrons. The number of para-hydroxylation sites is 1. The minimum atomic E-state index is -0.264. The van der Waals surface area contributed by atoms with Gasteiger partial charge in [0, 0.05) is 6.07 Å². The van der Waals surface area contributed by atoms with Crippen LogP contribution in [0.4, 0.5) is 5.82 Å². The number of thiophene rings is 1. The van der Waals surface area contributed by atoms with Gasteiger partial charge in [0.1, 0.15) is 18.1 Å². The smallest absolute Gasteiger partial charge is 0.249 e. The van der Waals surface area contributed by atoms with Gasteiger partial charge >= 0.3 is 0 Å². The number of hydrogen-bond acceptors (Lipinski definition) is 7. The Bertz CT molecular complexity index is 1030. The van der Waals surface area contributed by atoms with Gasteiger partial charge in [0.2, 0.25) is 11.7 Å². The second-order valence-electron chi connectivity index (χ2n) is 5.89. The maximum Gasteiger partial charge on any atom is 0.249 e. The van der Waals surface area contributed by atoms with E-state index in [1.54, 1.807) is 28.3 Å². The van der Waals surface area contributed by atoms with Crippen molar-refractivity contribution in [1.82, 2.24) is 30.0 Å². The zero-order valence-corrected chi connectivity index (χ0v) is 15.6. The van der Waals surface area contributed by atoms with Crippen LogP contribution in [0.5, 0.6) is 5.75 Å². The Morgan fingerprint density at radius 3 is 2.89 bits per heavy atom. The molecule has 0 bridgehead atoms. The normalized spacial score (nSPS) is 10.7. The first-order chi connectivity index (χ1) is 13.8. The van der Waals surface area contributed by atoms with Crippen LogP contribution in [0.1, 0.15) is 11.4 Å². The molecule has 0 aliphatic carbocycles. The van der Waals surface area contributed by atoms with Crippen LogP contribution in [0, 0.1) is 0 Å². The summed E-state index contributed by atoms with van der Waals surface area (Å²) in [6.45, 7) is 0.718. The van der Waals surface area contributed by atoms with E-state index in [1.807, 2.05) is 47.2 Å². The number of tetrazole rings is 1. The number of nitrogens with zero attached hydrogens (tertiary/aromatic N) is 6. The molecule has 3 heterocycles. The highest BCUT2D eigenvalue weighted by Gasteiger charge is 2.11. The van der Waals surface area contributed by atoms with Crippen LogP contribution in [-0.2, 0) is 24.5 Å². The molecule has 0 fully saturated rings. The number of aromatic nitrogens is 6. The molecule has 0 aliphatic heterocycles. The number of carbonyl (C=O) groups excluding carboxylic acids is 1. The molecule has 10 heteroatoms. The van der Waals surface area contributed by atoms with Crippen LogP contribution in [0.15, 0.2) is 59.4 Å². The van der Waals surface area contributed by atoms with Gasteiger partial charge in [-0.15, -0.1) is 10.2 Å². The third kappa shape index (κ3) is 4.60. The number of anilines is 1. The predicted octanol–water partition coefficient (Wildman–Crippen LogP) is 2.20. The van der Waals surface area contributed by atoms with Crippen molar-refractivity contribution in [1.29, 1.82) is 0 Å². The lowest BCUT2D eigenvalue weighted by Gasteiger charge is -2.07. The molecule has 0 unspecified atom stereocenters. The molecule has 0 atom stereocenters. The summed E-state index contributed by atoms with van der Waals surface area (Å²) in [5, 5.41) is 23.1. The summed E-state index contributed by atoms with van der Waals surface area (Å²) in [7, 11) is 0. The Balaban J connectivity index is 1.31. The van der Waals surface area contributed by atoms with Crippen LogP contribution in [0.3, 0.4) is 0 Å². The van der Waals surface area contributed by atoms with Crippen molar-refractivity contribution in [2.24, 2.45) is 0 Å². The number of amides is 1. The monoisotopic (exact) mass is 395 g/mol. The molecule has 1 N–H and O–H groups in total. The van der Waals surface area contributed by atoms with E-state index in [4.69, 9.17) is 4.74 Å². The topological polar surface area (TPSA) is 99.8 Å². The van der Waals surface area contributed by atoms with Gasteiger partial charge in [-0.25, -0.2) is 4.68 Å². The molecule has 0 aliphatic rings. The van der Waals surface area contributed by atoms with Gasteiger partial charge in [-0.3, -0.25) is 4.79 Å². The fourth-order valence-corrected chi connectivity index (χ4v) is 3.16. The average molecular weight is 395 g/mol. The van der Waals surface area contributed by atoms with E-state index in [9.17, 15) is 4.79 Å². The molecule has 1 amide bonds. The molecule has 0 saturated carbocycles. The minimum absolute atomic E-state index is 0.0536. The Morgan fingerprint density at radius 2 is 2.07 bits per heavy atom. The van der Waals surface area contributed by atoms with Gasteiger partial charge in [-0.1, -0.05) is 18.2 Å². The SMILES string of the molecule is O=C(Cn1nnc(COc2ccccc2)n1)Nc1ccnn1Cc1ccsc1. The van der Waals surface area contributed by atoms with Crippen LogP contribution in [0.25, 0.3) is 0 Å². The number of hydrogen-bond donors (Lipinski definition) is 1. The largest absolute Gasteiger partial charge is 0.485 e. The fourth-order valence-electron chi connectivity index (χ4n) is 2.50. The van der Waals surface area contributed by atoms with Gasteiger partial charge in [0.15, 0.2) is 6.61 Å². The van der Waals surface area contributed by atoms with E-state index in [1.165, 1.54) is 4.80 Å². The third-order valence-electron chi connectivity index (χ3n) is 3.79. The Morgan fingerprint density at radius 1 is 1.18 bits per heavy atom. The highest BCUT2D eigenvalue weighted by Crippen LogP contribution is 2.13. The molecule has 9 nitrogen and oxygen atoms in total. The van der Waals surface area contributed by atoms with Crippen molar-refractivity contribution in [3.05, 3.63) is 70.8 Å². The van der Waals surface area contributed by atoms with E-state index < -0.39 is 0 Å². The number of rotatable bonds is 8. The van der Waals surface area contributed by atoms with Crippen LogP contribution in [-0.4, -0.2) is 35.9 Å². The molecule has 4 rings (SSSR count). The fraction of sp³-hybridized carbons (Fsp3) is 0.167. The molecule has 3 aromatic heterocycles. The summed E-state index contributed by atoms with van der Waals surface area (Å²) in [4.78, 5) is 13.5. The summed E-state index contributed by atoms with van der Waals surface area (Å²) < 4.78 is 7.30. The lowest BCUT2D eigenvalue weighted by atomic mass is 10.3. The number of nitrogens with one attached hydrogen (secondary N) is 1. The summed E-state index contributed by atoms with van der Waals surface area (Å²) in [6.07, 6.45) is 1.65. The van der Waals surface area contributed by atoms with Crippen LogP contribution >= 0.6 is 11.3 Å². The second kappa shape index (κ2) is 8.44. The number of benzene rings is 1. The molecule has 1 aromatic carbocycles. The van der Waals surface area contributed by atoms with Crippen molar-refractivity contribution < 1.29 is 9.53 Å². The maximum atomic E-state index is 12.3. The van der Waals surface area contributed by atoms with Crippen molar-refractivity contribution in [2.75, 3.05) is 5.32 Å². The van der Waals surface area contributed by atoms with Crippen LogP contribution < -0.4 is 10.1 Å². The van der Waals surface area contributed by atoms with Gasteiger partial charge in [-0.2, -0.15) is 21.2 Å². The number of ether oxygens (including phenoxy) is 1. The molecule has 4 aromatic rings. The Labute approximate surface area is 164 Å². The van der Waals surface area contributed by atoms with Gasteiger partial charge in [0.05, 0.1) is 12.7 Å². The van der Waals surface area contributed by atoms with Crippen molar-refractivity contribution in [2.45, 2.75) is 19.7 Å². The minimum Gasteiger partial charge on any atom is -0.485 e. The quantitative estimate of drug-likeness (QED) is 0.491. The molecule has 28 heavy (non-hydrogen) atoms. The lowest BCUT2D eigenvalue weighted by Crippen LogP contribution is -2.22. The highest BCUT2D eigenvalue weighted by atomic mass is 32.1. The molecular weight excluding hydrogens is 378 g/mol. The van der Waals surface area contributed by atoms with Gasteiger partial charge in [0.25, 0.3) is 0 Å². The van der Waals surface area contributed by atoms with E-state index in [-0.39, 0.29) is 19.1 Å². The standard InChI is InChI=1S/C18H17N7O2S/c26-18(20-17-6-8-19-24(17)10-14-7-9-28-13-14)11-25-22-16(21-23-25)12-27-15-4-2-1-3-5-15/h1-9,13H,10-12H2,(H,20,26). The molecule has 0 spiro atoms. The van der Waals surface area contributed by atoms with Gasteiger partial charge in [-0.05, 0) is 39.7 Å². The highest BCUT2D eigenvalue weighted by molar-refractivity contribution is 7.07. The average Bonchev–Trinajstić information content (AvgIpc) is 3.45.